The molecule has 0 atom stereocenters. The van der Waals surface area contributed by atoms with Crippen LogP contribution in [0.2, 0.25) is 5.02 Å². The van der Waals surface area contributed by atoms with Gasteiger partial charge < -0.3 is 9.64 Å². The summed E-state index contributed by atoms with van der Waals surface area (Å²) in [4.78, 5) is 26.6. The van der Waals surface area contributed by atoms with E-state index >= 15 is 0 Å². The maximum absolute atomic E-state index is 12.6. The van der Waals surface area contributed by atoms with E-state index in [0.717, 1.165) is 21.3 Å². The number of esters is 1. The van der Waals surface area contributed by atoms with E-state index in [0.29, 0.717) is 5.02 Å². The number of ketones is 1. The molecule has 0 N–H and O–H groups in total. The van der Waals surface area contributed by atoms with Crippen molar-refractivity contribution in [1.29, 1.82) is 0 Å². The number of carbonyl (C=O) groups excluding carboxylic acids is 2. The number of nitrogens with zero attached hydrogens (tertiary/aromatic N) is 2. The van der Waals surface area contributed by atoms with Crippen LogP contribution in [0.4, 0.5) is 5.69 Å². The first-order valence-corrected chi connectivity index (χ1v) is 11.7. The molecule has 7 nitrogen and oxygen atoms in total. The van der Waals surface area contributed by atoms with Crippen LogP contribution in [0.1, 0.15) is 19.4 Å². The second kappa shape index (κ2) is 9.05. The normalized spacial score (nSPS) is 16.3. The minimum atomic E-state index is -3.89. The number of likely N-dealkylation sites (N-methyl/N-ethyl adjacent to an activating group) is 2. The third-order valence-electron chi connectivity index (χ3n) is 5.49. The number of allylic oxidation sites excluding steroid dienone is 1. The first kappa shape index (κ1) is 24.0. The number of hydrogen-bond donors (Lipinski definition) is 0. The predicted molar refractivity (Wildman–Crippen MR) is 123 cm³/mol. The zero-order valence-electron chi connectivity index (χ0n) is 18.3. The minimum absolute atomic E-state index is 0.00378. The molecule has 0 fully saturated rings. The van der Waals surface area contributed by atoms with Gasteiger partial charge in [0.25, 0.3) is 0 Å². The molecule has 0 saturated carbocycles. The molecular formula is C23H25ClN2O5S. The summed E-state index contributed by atoms with van der Waals surface area (Å²) < 4.78 is 31.0. The Morgan fingerprint density at radius 2 is 1.75 bits per heavy atom. The zero-order valence-corrected chi connectivity index (χ0v) is 19.9. The second-order valence-corrected chi connectivity index (χ2v) is 10.6. The van der Waals surface area contributed by atoms with Crippen molar-refractivity contribution in [2.45, 2.75) is 24.2 Å². The topological polar surface area (TPSA) is 84.0 Å². The van der Waals surface area contributed by atoms with Crippen molar-refractivity contribution >= 4 is 39.1 Å². The molecule has 170 valence electrons. The first-order chi connectivity index (χ1) is 14.9. The Bertz CT molecular complexity index is 1170. The molecule has 32 heavy (non-hydrogen) atoms. The molecule has 2 aromatic rings. The Kier molecular flexibility index (Phi) is 6.78. The lowest BCUT2D eigenvalue weighted by Gasteiger charge is -2.24. The van der Waals surface area contributed by atoms with Crippen LogP contribution < -0.4 is 4.90 Å². The van der Waals surface area contributed by atoms with E-state index in [1.54, 1.807) is 0 Å². The maximum Gasteiger partial charge on any atom is 0.321 e. The van der Waals surface area contributed by atoms with Crippen LogP contribution in [0.5, 0.6) is 0 Å². The van der Waals surface area contributed by atoms with Gasteiger partial charge in [0.2, 0.25) is 10.0 Å². The quantitative estimate of drug-likeness (QED) is 0.450. The number of anilines is 1. The highest BCUT2D eigenvalue weighted by Crippen LogP contribution is 2.46. The molecule has 0 aromatic heterocycles. The molecule has 1 heterocycles. The number of fused-ring (bicyclic) bond motifs is 1. The second-order valence-electron chi connectivity index (χ2n) is 8.07. The SMILES string of the molecule is CN1/C(=C\C(=O)COC(=O)CN(C)S(=O)(=O)c2ccc(Cl)cc2)C(C)(C)c2ccccc21. The molecule has 3 rings (SSSR count). The van der Waals surface area contributed by atoms with E-state index in [4.69, 9.17) is 16.3 Å². The number of ether oxygens (including phenoxy) is 1. The van der Waals surface area contributed by atoms with Crippen LogP contribution in [0.3, 0.4) is 0 Å². The Morgan fingerprint density at radius 1 is 1.12 bits per heavy atom. The van der Waals surface area contributed by atoms with Gasteiger partial charge in [-0.1, -0.05) is 43.6 Å². The highest BCUT2D eigenvalue weighted by atomic mass is 35.5. The molecule has 1 aliphatic rings. The molecule has 1 aliphatic heterocycles. The van der Waals surface area contributed by atoms with E-state index in [2.05, 4.69) is 0 Å². The van der Waals surface area contributed by atoms with Gasteiger partial charge in [-0.2, -0.15) is 4.31 Å². The van der Waals surface area contributed by atoms with Gasteiger partial charge in [0.1, 0.15) is 6.54 Å². The van der Waals surface area contributed by atoms with Crippen molar-refractivity contribution in [3.63, 3.8) is 0 Å². The Balaban J connectivity index is 1.62. The molecule has 0 unspecified atom stereocenters. The summed E-state index contributed by atoms with van der Waals surface area (Å²) in [6.45, 7) is 3.05. The van der Waals surface area contributed by atoms with Crippen molar-refractivity contribution < 1.29 is 22.7 Å². The number of carbonyl (C=O) groups is 2. The Hall–Kier alpha value is -2.68. The largest absolute Gasteiger partial charge is 0.456 e. The highest BCUT2D eigenvalue weighted by Gasteiger charge is 2.38. The number of benzene rings is 2. The fourth-order valence-electron chi connectivity index (χ4n) is 3.70. The molecule has 0 radical (unpaired) electrons. The summed E-state index contributed by atoms with van der Waals surface area (Å²) in [5, 5.41) is 0.401. The third kappa shape index (κ3) is 4.72. The van der Waals surface area contributed by atoms with Crippen LogP contribution in [0.25, 0.3) is 0 Å². The lowest BCUT2D eigenvalue weighted by Crippen LogP contribution is -2.33. The van der Waals surface area contributed by atoms with E-state index in [9.17, 15) is 18.0 Å². The van der Waals surface area contributed by atoms with Gasteiger partial charge in [0.15, 0.2) is 12.4 Å². The first-order valence-electron chi connectivity index (χ1n) is 9.90. The van der Waals surface area contributed by atoms with Crippen molar-refractivity contribution in [2.24, 2.45) is 0 Å². The monoisotopic (exact) mass is 476 g/mol. The number of hydrogen-bond acceptors (Lipinski definition) is 6. The van der Waals surface area contributed by atoms with Crippen LogP contribution in [0.15, 0.2) is 65.2 Å². The molecular weight excluding hydrogens is 452 g/mol. The Labute approximate surface area is 193 Å². The van der Waals surface area contributed by atoms with Crippen molar-refractivity contribution in [1.82, 2.24) is 4.31 Å². The number of rotatable bonds is 7. The Morgan fingerprint density at radius 3 is 2.38 bits per heavy atom. The fraction of sp³-hybridized carbons (Fsp3) is 0.304. The van der Waals surface area contributed by atoms with Crippen molar-refractivity contribution in [3.05, 3.63) is 70.9 Å². The van der Waals surface area contributed by atoms with E-state index < -0.39 is 29.1 Å². The van der Waals surface area contributed by atoms with Crippen molar-refractivity contribution in [3.8, 4) is 0 Å². The fourth-order valence-corrected chi connectivity index (χ4v) is 4.94. The molecule has 0 aliphatic carbocycles. The van der Waals surface area contributed by atoms with Gasteiger partial charge in [-0.15, -0.1) is 0 Å². The van der Waals surface area contributed by atoms with Crippen LogP contribution in [-0.4, -0.2) is 51.7 Å². The van der Waals surface area contributed by atoms with E-state index in [1.807, 2.05) is 50.1 Å². The summed E-state index contributed by atoms with van der Waals surface area (Å²) in [6, 6.07) is 13.5. The maximum atomic E-state index is 12.6. The van der Waals surface area contributed by atoms with Crippen LogP contribution in [0, 0.1) is 0 Å². The highest BCUT2D eigenvalue weighted by molar-refractivity contribution is 7.89. The van der Waals surface area contributed by atoms with E-state index in [1.165, 1.54) is 37.4 Å². The third-order valence-corrected chi connectivity index (χ3v) is 7.56. The smallest absolute Gasteiger partial charge is 0.321 e. The molecule has 2 aromatic carbocycles. The number of sulfonamides is 1. The van der Waals surface area contributed by atoms with Gasteiger partial charge in [0.05, 0.1) is 4.90 Å². The zero-order chi connectivity index (χ0) is 23.7. The summed E-state index contributed by atoms with van der Waals surface area (Å²) >= 11 is 5.79. The van der Waals surface area contributed by atoms with Gasteiger partial charge in [-0.25, -0.2) is 8.42 Å². The average Bonchev–Trinajstić information content (AvgIpc) is 2.93. The summed E-state index contributed by atoms with van der Waals surface area (Å²) in [6.07, 6.45) is 1.47. The average molecular weight is 477 g/mol. The molecule has 0 bridgehead atoms. The standard InChI is InChI=1S/C23H25ClN2O5S/c1-23(2)19-7-5-6-8-20(19)26(4)21(23)13-17(27)15-31-22(28)14-25(3)32(29,30)18-11-9-16(24)10-12-18/h5-13H,14-15H2,1-4H3/b21-13-. The molecule has 0 saturated heterocycles. The molecule has 0 amide bonds. The summed E-state index contributed by atoms with van der Waals surface area (Å²) in [5.41, 5.74) is 2.54. The van der Waals surface area contributed by atoms with Crippen LogP contribution in [-0.2, 0) is 29.8 Å². The van der Waals surface area contributed by atoms with Gasteiger partial charge in [-0.05, 0) is 35.9 Å². The lowest BCUT2D eigenvalue weighted by atomic mass is 9.83. The predicted octanol–water partition coefficient (Wildman–Crippen LogP) is 3.38. The minimum Gasteiger partial charge on any atom is -0.456 e. The van der Waals surface area contributed by atoms with Crippen LogP contribution >= 0.6 is 11.6 Å². The van der Waals surface area contributed by atoms with E-state index in [-0.39, 0.29) is 16.1 Å². The molecule has 0 spiro atoms. The van der Waals surface area contributed by atoms with Gasteiger partial charge in [0, 0.05) is 42.0 Å². The summed E-state index contributed by atoms with van der Waals surface area (Å²) in [5.74, 6) is -1.21. The summed E-state index contributed by atoms with van der Waals surface area (Å²) in [7, 11) is -0.741. The van der Waals surface area contributed by atoms with Gasteiger partial charge >= 0.3 is 5.97 Å². The lowest BCUT2D eigenvalue weighted by molar-refractivity contribution is -0.146. The van der Waals surface area contributed by atoms with Crippen molar-refractivity contribution in [2.75, 3.05) is 32.1 Å². The van der Waals surface area contributed by atoms with Gasteiger partial charge in [-0.3, -0.25) is 9.59 Å². The molecule has 9 heteroatoms. The number of halogens is 1. The number of para-hydroxylation sites is 1.